The van der Waals surface area contributed by atoms with E-state index in [1.165, 1.54) is 5.56 Å². The second-order valence-electron chi connectivity index (χ2n) is 5.80. The normalized spacial score (nSPS) is 11.4. The van der Waals surface area contributed by atoms with Crippen LogP contribution >= 0.6 is 11.8 Å². The number of thioether (sulfide) groups is 1. The summed E-state index contributed by atoms with van der Waals surface area (Å²) in [7, 11) is 0. The van der Waals surface area contributed by atoms with Crippen molar-refractivity contribution in [3.05, 3.63) is 35.4 Å². The topological polar surface area (TPSA) is 49.3 Å². The zero-order valence-corrected chi connectivity index (χ0v) is 13.4. The molecule has 0 aromatic heterocycles. The number of nitrogens with one attached hydrogen (secondary N) is 1. The van der Waals surface area contributed by atoms with Crippen LogP contribution in [0.15, 0.2) is 24.3 Å². The van der Waals surface area contributed by atoms with Gasteiger partial charge in [-0.25, -0.2) is 0 Å². The highest BCUT2D eigenvalue weighted by atomic mass is 32.2. The Bertz CT molecular complexity index is 415. The van der Waals surface area contributed by atoms with Gasteiger partial charge in [-0.05, 0) is 42.2 Å². The molecule has 1 aromatic rings. The molecule has 1 rings (SSSR count). The summed E-state index contributed by atoms with van der Waals surface area (Å²) in [5.74, 6) is 0.939. The average Bonchev–Trinajstić information content (AvgIpc) is 2.44. The third kappa shape index (κ3) is 5.97. The van der Waals surface area contributed by atoms with Crippen LogP contribution in [0.25, 0.3) is 0 Å². The van der Waals surface area contributed by atoms with Gasteiger partial charge in [0.15, 0.2) is 0 Å². The highest BCUT2D eigenvalue weighted by Gasteiger charge is 2.18. The largest absolute Gasteiger partial charge is 0.396 e. The van der Waals surface area contributed by atoms with Crippen LogP contribution in [-0.2, 0) is 5.75 Å². The first kappa shape index (κ1) is 17.1. The molecule has 0 unspecified atom stereocenters. The molecule has 0 saturated carbocycles. The highest BCUT2D eigenvalue weighted by Crippen LogP contribution is 2.21. The Morgan fingerprint density at radius 2 is 1.95 bits per heavy atom. The van der Waals surface area contributed by atoms with Crippen LogP contribution in [0.3, 0.4) is 0 Å². The Morgan fingerprint density at radius 3 is 2.50 bits per heavy atom. The molecule has 2 N–H and O–H groups in total. The minimum absolute atomic E-state index is 0.0111. The number of amides is 1. The van der Waals surface area contributed by atoms with Crippen molar-refractivity contribution in [2.24, 2.45) is 5.41 Å². The first-order valence-corrected chi connectivity index (χ1v) is 8.35. The summed E-state index contributed by atoms with van der Waals surface area (Å²) in [6.07, 6.45) is 3.73. The second kappa shape index (κ2) is 8.32. The van der Waals surface area contributed by atoms with Crippen molar-refractivity contribution in [3.63, 3.8) is 0 Å². The molecular formula is C16H25NO2S. The molecule has 0 aliphatic carbocycles. The molecule has 0 aliphatic heterocycles. The minimum atomic E-state index is -0.0298. The maximum Gasteiger partial charge on any atom is 0.251 e. The fourth-order valence-corrected chi connectivity index (χ4v) is 2.51. The zero-order chi connectivity index (χ0) is 15.0. The van der Waals surface area contributed by atoms with Crippen molar-refractivity contribution in [2.45, 2.75) is 32.4 Å². The molecular weight excluding hydrogens is 270 g/mol. The summed E-state index contributed by atoms with van der Waals surface area (Å²) in [4.78, 5) is 12.1. The van der Waals surface area contributed by atoms with E-state index in [-0.39, 0.29) is 17.9 Å². The van der Waals surface area contributed by atoms with E-state index < -0.39 is 0 Å². The lowest BCUT2D eigenvalue weighted by Gasteiger charge is -2.24. The van der Waals surface area contributed by atoms with Crippen molar-refractivity contribution in [1.82, 2.24) is 5.32 Å². The van der Waals surface area contributed by atoms with Gasteiger partial charge in [0.05, 0.1) is 0 Å². The van der Waals surface area contributed by atoms with Gasteiger partial charge >= 0.3 is 0 Å². The number of hydrogen-bond donors (Lipinski definition) is 2. The van der Waals surface area contributed by atoms with Crippen molar-refractivity contribution in [1.29, 1.82) is 0 Å². The summed E-state index contributed by atoms with van der Waals surface area (Å²) < 4.78 is 0. The van der Waals surface area contributed by atoms with Crippen LogP contribution in [0.2, 0.25) is 0 Å². The lowest BCUT2D eigenvalue weighted by Crippen LogP contribution is -2.34. The van der Waals surface area contributed by atoms with Crippen LogP contribution in [0.5, 0.6) is 0 Å². The predicted molar refractivity (Wildman–Crippen MR) is 86.1 cm³/mol. The monoisotopic (exact) mass is 295 g/mol. The summed E-state index contributed by atoms with van der Waals surface area (Å²) in [5, 5.41) is 11.8. The first-order valence-electron chi connectivity index (χ1n) is 6.95. The quantitative estimate of drug-likeness (QED) is 0.775. The van der Waals surface area contributed by atoms with Gasteiger partial charge in [0, 0.05) is 24.5 Å². The number of rotatable bonds is 8. The third-order valence-electron chi connectivity index (χ3n) is 3.27. The zero-order valence-electron chi connectivity index (χ0n) is 12.6. The van der Waals surface area contributed by atoms with E-state index in [1.807, 2.05) is 24.3 Å². The molecule has 0 aliphatic rings. The molecule has 0 bridgehead atoms. The maximum absolute atomic E-state index is 12.1. The van der Waals surface area contributed by atoms with Gasteiger partial charge in [-0.2, -0.15) is 11.8 Å². The Labute approximate surface area is 126 Å². The number of carbonyl (C=O) groups excluding carboxylic acids is 1. The fourth-order valence-electron chi connectivity index (χ4n) is 1.99. The molecule has 0 spiro atoms. The van der Waals surface area contributed by atoms with Crippen LogP contribution < -0.4 is 5.32 Å². The lowest BCUT2D eigenvalue weighted by molar-refractivity contribution is 0.0933. The minimum Gasteiger partial charge on any atom is -0.396 e. The molecule has 0 radical (unpaired) electrons. The lowest BCUT2D eigenvalue weighted by atomic mass is 9.88. The van der Waals surface area contributed by atoms with Crippen LogP contribution in [0.4, 0.5) is 0 Å². The fraction of sp³-hybridized carbons (Fsp3) is 0.562. The van der Waals surface area contributed by atoms with Gasteiger partial charge in [-0.1, -0.05) is 26.0 Å². The van der Waals surface area contributed by atoms with Crippen LogP contribution in [-0.4, -0.2) is 30.4 Å². The van der Waals surface area contributed by atoms with E-state index >= 15 is 0 Å². The summed E-state index contributed by atoms with van der Waals surface area (Å²) in [6, 6.07) is 7.76. The molecule has 0 fully saturated rings. The van der Waals surface area contributed by atoms with Crippen molar-refractivity contribution < 1.29 is 9.90 Å². The van der Waals surface area contributed by atoms with E-state index in [0.717, 1.165) is 18.6 Å². The maximum atomic E-state index is 12.1. The Balaban J connectivity index is 2.49. The Morgan fingerprint density at radius 1 is 1.30 bits per heavy atom. The number of aliphatic hydroxyl groups is 1. The van der Waals surface area contributed by atoms with Crippen LogP contribution in [0, 0.1) is 5.41 Å². The summed E-state index contributed by atoms with van der Waals surface area (Å²) in [6.45, 7) is 5.03. The van der Waals surface area contributed by atoms with Crippen molar-refractivity contribution in [2.75, 3.05) is 19.4 Å². The van der Waals surface area contributed by atoms with E-state index in [1.54, 1.807) is 11.8 Å². The van der Waals surface area contributed by atoms with Crippen LogP contribution in [0.1, 0.15) is 42.6 Å². The molecule has 20 heavy (non-hydrogen) atoms. The number of benzene rings is 1. The molecule has 4 heteroatoms. The van der Waals surface area contributed by atoms with Gasteiger partial charge in [0.1, 0.15) is 0 Å². The molecule has 1 amide bonds. The summed E-state index contributed by atoms with van der Waals surface area (Å²) >= 11 is 1.77. The molecule has 3 nitrogen and oxygen atoms in total. The Kier molecular flexibility index (Phi) is 7.10. The first-order chi connectivity index (χ1) is 9.48. The predicted octanol–water partition coefficient (Wildman–Crippen LogP) is 3.08. The van der Waals surface area contributed by atoms with E-state index in [9.17, 15) is 4.79 Å². The highest BCUT2D eigenvalue weighted by molar-refractivity contribution is 7.97. The van der Waals surface area contributed by atoms with Gasteiger partial charge in [0.25, 0.3) is 5.91 Å². The number of carbonyl (C=O) groups is 1. The molecule has 0 saturated heterocycles. The SMILES string of the molecule is CSCc1ccc(C(=O)NCC(C)(C)CCCO)cc1. The van der Waals surface area contributed by atoms with E-state index in [0.29, 0.717) is 12.1 Å². The third-order valence-corrected chi connectivity index (χ3v) is 3.89. The van der Waals surface area contributed by atoms with Gasteiger partial charge in [-0.3, -0.25) is 4.79 Å². The van der Waals surface area contributed by atoms with Gasteiger partial charge < -0.3 is 10.4 Å². The van der Waals surface area contributed by atoms with Gasteiger partial charge in [-0.15, -0.1) is 0 Å². The standard InChI is InChI=1S/C16H25NO2S/c1-16(2,9-4-10-18)12-17-15(19)14-7-5-13(6-8-14)11-20-3/h5-8,18H,4,9-12H2,1-3H3,(H,17,19). The van der Waals surface area contributed by atoms with Crippen molar-refractivity contribution >= 4 is 17.7 Å². The summed E-state index contributed by atoms with van der Waals surface area (Å²) in [5.41, 5.74) is 1.95. The second-order valence-corrected chi connectivity index (χ2v) is 6.67. The van der Waals surface area contributed by atoms with E-state index in [2.05, 4.69) is 25.4 Å². The number of hydrogen-bond acceptors (Lipinski definition) is 3. The van der Waals surface area contributed by atoms with Gasteiger partial charge in [0.2, 0.25) is 0 Å². The molecule has 0 atom stereocenters. The van der Waals surface area contributed by atoms with E-state index in [4.69, 9.17) is 5.11 Å². The smallest absolute Gasteiger partial charge is 0.251 e. The average molecular weight is 295 g/mol. The Hall–Kier alpha value is -1.00. The molecule has 0 heterocycles. The van der Waals surface area contributed by atoms with Crippen molar-refractivity contribution in [3.8, 4) is 0 Å². The molecule has 112 valence electrons. The molecule has 1 aromatic carbocycles. The number of aliphatic hydroxyl groups excluding tert-OH is 1.